The normalized spacial score (nSPS) is 15.6. The first-order valence-electron chi connectivity index (χ1n) is 9.44. The molecular weight excluding hydrogens is 364 g/mol. The van der Waals surface area contributed by atoms with E-state index in [1.165, 1.54) is 12.8 Å². The van der Waals surface area contributed by atoms with Crippen LogP contribution in [0.25, 0.3) is 0 Å². The average molecular weight is 388 g/mol. The maximum absolute atomic E-state index is 5.55. The molecular formula is C18H24N6O2S. The number of hydrogen-bond donors (Lipinski definition) is 0. The third-order valence-electron chi connectivity index (χ3n) is 4.57. The molecule has 8 nitrogen and oxygen atoms in total. The maximum atomic E-state index is 5.55. The second-order valence-corrected chi connectivity index (χ2v) is 8.01. The van der Waals surface area contributed by atoms with Gasteiger partial charge in [-0.1, -0.05) is 23.8 Å². The molecule has 1 aliphatic rings. The van der Waals surface area contributed by atoms with Crippen LogP contribution in [0, 0.1) is 0 Å². The highest BCUT2D eigenvalue weighted by Gasteiger charge is 2.25. The van der Waals surface area contributed by atoms with Crippen LogP contribution in [-0.2, 0) is 13.0 Å². The molecule has 1 atom stereocenters. The molecule has 4 heterocycles. The van der Waals surface area contributed by atoms with E-state index in [2.05, 4.69) is 43.7 Å². The SMILES string of the molecule is CCCc1noc(C(C)Sc2nnc(N3CCCC3)n2Cc2ccco2)n1. The van der Waals surface area contributed by atoms with E-state index in [-0.39, 0.29) is 5.25 Å². The van der Waals surface area contributed by atoms with Gasteiger partial charge in [0.05, 0.1) is 18.1 Å². The number of rotatable bonds is 8. The average Bonchev–Trinajstić information content (AvgIpc) is 3.44. The molecule has 0 amide bonds. The summed E-state index contributed by atoms with van der Waals surface area (Å²) >= 11 is 1.58. The zero-order valence-corrected chi connectivity index (χ0v) is 16.5. The van der Waals surface area contributed by atoms with Gasteiger partial charge >= 0.3 is 0 Å². The summed E-state index contributed by atoms with van der Waals surface area (Å²) in [6.45, 7) is 6.79. The van der Waals surface area contributed by atoms with Crippen molar-refractivity contribution in [2.45, 2.75) is 56.5 Å². The van der Waals surface area contributed by atoms with Crippen LogP contribution in [0.4, 0.5) is 5.95 Å². The second kappa shape index (κ2) is 8.16. The molecule has 3 aromatic rings. The van der Waals surface area contributed by atoms with Gasteiger partial charge in [0.25, 0.3) is 0 Å². The molecule has 0 saturated carbocycles. The zero-order chi connectivity index (χ0) is 18.6. The van der Waals surface area contributed by atoms with Crippen molar-refractivity contribution in [3.63, 3.8) is 0 Å². The number of aryl methyl sites for hydroxylation is 1. The zero-order valence-electron chi connectivity index (χ0n) is 15.7. The minimum absolute atomic E-state index is 0.00548. The van der Waals surface area contributed by atoms with Gasteiger partial charge in [-0.2, -0.15) is 4.98 Å². The number of aromatic nitrogens is 5. The molecule has 27 heavy (non-hydrogen) atoms. The lowest BCUT2D eigenvalue weighted by Gasteiger charge is -2.18. The molecule has 0 N–H and O–H groups in total. The van der Waals surface area contributed by atoms with E-state index in [4.69, 9.17) is 8.94 Å². The largest absolute Gasteiger partial charge is 0.467 e. The van der Waals surface area contributed by atoms with E-state index in [0.717, 1.165) is 48.6 Å². The Hall–Kier alpha value is -2.29. The van der Waals surface area contributed by atoms with E-state index < -0.39 is 0 Å². The summed E-state index contributed by atoms with van der Waals surface area (Å²) in [6, 6.07) is 3.87. The summed E-state index contributed by atoms with van der Waals surface area (Å²) in [5.41, 5.74) is 0. The molecule has 4 rings (SSSR count). The number of anilines is 1. The molecule has 0 aliphatic carbocycles. The van der Waals surface area contributed by atoms with E-state index in [0.29, 0.717) is 12.4 Å². The highest BCUT2D eigenvalue weighted by atomic mass is 32.2. The Labute approximate surface area is 162 Å². The highest BCUT2D eigenvalue weighted by Crippen LogP contribution is 2.35. The predicted molar refractivity (Wildman–Crippen MR) is 102 cm³/mol. The van der Waals surface area contributed by atoms with Gasteiger partial charge in [0.1, 0.15) is 5.76 Å². The van der Waals surface area contributed by atoms with Gasteiger partial charge in [-0.3, -0.25) is 4.57 Å². The number of thioether (sulfide) groups is 1. The maximum Gasteiger partial charge on any atom is 0.239 e. The molecule has 144 valence electrons. The van der Waals surface area contributed by atoms with Crippen molar-refractivity contribution in [1.82, 2.24) is 24.9 Å². The Bertz CT molecular complexity index is 853. The van der Waals surface area contributed by atoms with Crippen molar-refractivity contribution in [2.24, 2.45) is 0 Å². The molecule has 1 aliphatic heterocycles. The minimum Gasteiger partial charge on any atom is -0.467 e. The molecule has 9 heteroatoms. The Morgan fingerprint density at radius 1 is 1.26 bits per heavy atom. The van der Waals surface area contributed by atoms with Crippen LogP contribution in [0.5, 0.6) is 0 Å². The summed E-state index contributed by atoms with van der Waals surface area (Å²) < 4.78 is 13.1. The van der Waals surface area contributed by atoms with Gasteiger partial charge in [0.15, 0.2) is 11.0 Å². The summed E-state index contributed by atoms with van der Waals surface area (Å²) in [5, 5.41) is 13.8. The fourth-order valence-electron chi connectivity index (χ4n) is 3.18. The molecule has 0 aromatic carbocycles. The summed E-state index contributed by atoms with van der Waals surface area (Å²) in [6.07, 6.45) is 5.90. The molecule has 1 fully saturated rings. The summed E-state index contributed by atoms with van der Waals surface area (Å²) in [4.78, 5) is 6.79. The second-order valence-electron chi connectivity index (χ2n) is 6.70. The Balaban J connectivity index is 1.57. The Kier molecular flexibility index (Phi) is 5.47. The van der Waals surface area contributed by atoms with Gasteiger partial charge in [-0.05, 0) is 38.3 Å². The van der Waals surface area contributed by atoms with Crippen LogP contribution in [0.3, 0.4) is 0 Å². The van der Waals surface area contributed by atoms with Gasteiger partial charge in [0, 0.05) is 19.5 Å². The lowest BCUT2D eigenvalue weighted by Crippen LogP contribution is -2.22. The third kappa shape index (κ3) is 4.02. The van der Waals surface area contributed by atoms with Crippen LogP contribution in [0.15, 0.2) is 32.5 Å². The fraction of sp³-hybridized carbons (Fsp3) is 0.556. The minimum atomic E-state index is -0.00548. The highest BCUT2D eigenvalue weighted by molar-refractivity contribution is 7.99. The molecule has 1 saturated heterocycles. The first-order valence-corrected chi connectivity index (χ1v) is 10.3. The lowest BCUT2D eigenvalue weighted by atomic mass is 10.3. The van der Waals surface area contributed by atoms with E-state index in [9.17, 15) is 0 Å². The smallest absolute Gasteiger partial charge is 0.239 e. The predicted octanol–water partition coefficient (Wildman–Crippen LogP) is 3.71. The standard InChI is InChI=1S/C18H24N6O2S/c1-3-7-15-19-16(26-22-15)13(2)27-18-21-20-17(23-9-4-5-10-23)24(18)12-14-8-6-11-25-14/h6,8,11,13H,3-5,7,9-10,12H2,1-2H3. The van der Waals surface area contributed by atoms with Crippen molar-refractivity contribution in [1.29, 1.82) is 0 Å². The number of hydrogen-bond acceptors (Lipinski definition) is 8. The van der Waals surface area contributed by atoms with Crippen molar-refractivity contribution in [2.75, 3.05) is 18.0 Å². The van der Waals surface area contributed by atoms with Gasteiger partial charge in [-0.25, -0.2) is 0 Å². The molecule has 1 unspecified atom stereocenters. The molecule has 0 bridgehead atoms. The van der Waals surface area contributed by atoms with Crippen LogP contribution < -0.4 is 4.90 Å². The van der Waals surface area contributed by atoms with Crippen molar-refractivity contribution < 1.29 is 8.94 Å². The molecule has 3 aromatic heterocycles. The fourth-order valence-corrected chi connectivity index (χ4v) is 4.06. The van der Waals surface area contributed by atoms with Gasteiger partial charge < -0.3 is 13.8 Å². The van der Waals surface area contributed by atoms with Crippen LogP contribution in [0.1, 0.15) is 55.8 Å². The van der Waals surface area contributed by atoms with E-state index in [1.807, 2.05) is 12.1 Å². The van der Waals surface area contributed by atoms with Crippen LogP contribution >= 0.6 is 11.8 Å². The van der Waals surface area contributed by atoms with Crippen LogP contribution in [-0.4, -0.2) is 38.0 Å². The van der Waals surface area contributed by atoms with E-state index in [1.54, 1.807) is 18.0 Å². The summed E-state index contributed by atoms with van der Waals surface area (Å²) in [7, 11) is 0. The Morgan fingerprint density at radius 2 is 2.11 bits per heavy atom. The lowest BCUT2D eigenvalue weighted by molar-refractivity contribution is 0.374. The van der Waals surface area contributed by atoms with Gasteiger partial charge in [0.2, 0.25) is 11.8 Å². The third-order valence-corrected chi connectivity index (χ3v) is 5.64. The van der Waals surface area contributed by atoms with Crippen molar-refractivity contribution in [3.05, 3.63) is 35.9 Å². The number of nitrogens with zero attached hydrogens (tertiary/aromatic N) is 6. The summed E-state index contributed by atoms with van der Waals surface area (Å²) in [5.74, 6) is 3.16. The molecule has 0 radical (unpaired) electrons. The van der Waals surface area contributed by atoms with Gasteiger partial charge in [-0.15, -0.1) is 10.2 Å². The topological polar surface area (TPSA) is 86.0 Å². The molecule has 0 spiro atoms. The first-order chi connectivity index (χ1) is 13.2. The van der Waals surface area contributed by atoms with Crippen molar-refractivity contribution in [3.8, 4) is 0 Å². The van der Waals surface area contributed by atoms with Crippen LogP contribution in [0.2, 0.25) is 0 Å². The Morgan fingerprint density at radius 3 is 2.85 bits per heavy atom. The quantitative estimate of drug-likeness (QED) is 0.540. The van der Waals surface area contributed by atoms with Crippen molar-refractivity contribution >= 4 is 17.7 Å². The first kappa shape index (κ1) is 18.1. The monoisotopic (exact) mass is 388 g/mol. The van der Waals surface area contributed by atoms with E-state index >= 15 is 0 Å². The number of furan rings is 1.